The van der Waals surface area contributed by atoms with Crippen LogP contribution in [0.25, 0.3) is 0 Å². The monoisotopic (exact) mass is 382 g/mol. The molecule has 0 aromatic carbocycles. The van der Waals surface area contributed by atoms with Crippen LogP contribution in [0.15, 0.2) is 30.6 Å². The van der Waals surface area contributed by atoms with E-state index in [1.54, 1.807) is 17.2 Å². The van der Waals surface area contributed by atoms with Gasteiger partial charge in [-0.1, -0.05) is 47.6 Å². The van der Waals surface area contributed by atoms with Crippen LogP contribution in [-0.2, 0) is 16.6 Å². The smallest absolute Gasteiger partial charge is 0.415 e. The normalized spacial score (nSPS) is 18.5. The molecule has 0 aliphatic carbocycles. The van der Waals surface area contributed by atoms with Crippen molar-refractivity contribution >= 4 is 11.9 Å². The summed E-state index contributed by atoms with van der Waals surface area (Å²) in [6.45, 7) is 13.2. The van der Waals surface area contributed by atoms with Gasteiger partial charge in [0.15, 0.2) is 0 Å². The zero-order valence-electron chi connectivity index (χ0n) is 17.6. The Balaban J connectivity index is 1.76. The van der Waals surface area contributed by atoms with Gasteiger partial charge in [0.25, 0.3) is 0 Å². The fraction of sp³-hybridized carbons (Fsp3) is 0.545. The lowest BCUT2D eigenvalue weighted by Gasteiger charge is -2.23. The van der Waals surface area contributed by atoms with Crippen molar-refractivity contribution in [1.82, 2.24) is 15.0 Å². The molecule has 0 N–H and O–H groups in total. The summed E-state index contributed by atoms with van der Waals surface area (Å²) < 4.78 is 5.24. The Kier molecular flexibility index (Phi) is 5.68. The van der Waals surface area contributed by atoms with Crippen molar-refractivity contribution in [2.24, 2.45) is 5.92 Å². The zero-order chi connectivity index (χ0) is 20.5. The number of carbonyl (C=O) groups is 1. The summed E-state index contributed by atoms with van der Waals surface area (Å²) in [5, 5.41) is 0. The molecule has 0 bridgehead atoms. The van der Waals surface area contributed by atoms with Crippen LogP contribution >= 0.6 is 0 Å². The second-order valence-corrected chi connectivity index (χ2v) is 8.92. The molecule has 28 heavy (non-hydrogen) atoms. The average Bonchev–Trinajstić information content (AvgIpc) is 3.03. The second kappa shape index (κ2) is 7.86. The fourth-order valence-electron chi connectivity index (χ4n) is 3.34. The summed E-state index contributed by atoms with van der Waals surface area (Å²) in [5.74, 6) is 1.84. The van der Waals surface area contributed by atoms with Gasteiger partial charge in [-0.2, -0.15) is 0 Å². The Morgan fingerprint density at radius 1 is 1.18 bits per heavy atom. The van der Waals surface area contributed by atoms with E-state index < -0.39 is 0 Å². The summed E-state index contributed by atoms with van der Waals surface area (Å²) in [4.78, 5) is 27.5. The van der Waals surface area contributed by atoms with Crippen LogP contribution in [0, 0.1) is 5.92 Å². The SMILES string of the molecule is CC(C)[C@H]1COC(=O)N1c1ccnc(C[C@@H](C)c2ccc(C(C)(C)C)nc2)n1. The molecule has 6 nitrogen and oxygen atoms in total. The third kappa shape index (κ3) is 4.32. The summed E-state index contributed by atoms with van der Waals surface area (Å²) in [5.41, 5.74) is 2.27. The van der Waals surface area contributed by atoms with Crippen LogP contribution in [-0.4, -0.2) is 33.7 Å². The van der Waals surface area contributed by atoms with Gasteiger partial charge in [0.2, 0.25) is 0 Å². The number of ether oxygens (including phenoxy) is 1. The van der Waals surface area contributed by atoms with Crippen molar-refractivity contribution in [3.05, 3.63) is 47.7 Å². The first-order chi connectivity index (χ1) is 13.2. The standard InChI is InChI=1S/C22H30N4O2/c1-14(2)17-13-28-21(27)26(17)20-9-10-23-19(25-20)11-15(3)16-7-8-18(24-12-16)22(4,5)6/h7-10,12,14-15,17H,11,13H2,1-6H3/t15-,17-/m1/s1. The van der Waals surface area contributed by atoms with Crippen molar-refractivity contribution < 1.29 is 9.53 Å². The Morgan fingerprint density at radius 2 is 1.93 bits per heavy atom. The van der Waals surface area contributed by atoms with Crippen LogP contribution < -0.4 is 4.90 Å². The van der Waals surface area contributed by atoms with E-state index in [0.29, 0.717) is 24.7 Å². The largest absolute Gasteiger partial charge is 0.447 e. The molecule has 150 valence electrons. The molecule has 1 aliphatic rings. The molecule has 0 saturated carbocycles. The second-order valence-electron chi connectivity index (χ2n) is 8.92. The van der Waals surface area contributed by atoms with Crippen molar-refractivity contribution in [3.8, 4) is 0 Å². The fourth-order valence-corrected chi connectivity index (χ4v) is 3.34. The number of anilines is 1. The number of amides is 1. The highest BCUT2D eigenvalue weighted by atomic mass is 16.6. The lowest BCUT2D eigenvalue weighted by Crippen LogP contribution is -2.37. The van der Waals surface area contributed by atoms with E-state index in [2.05, 4.69) is 68.6 Å². The van der Waals surface area contributed by atoms with E-state index in [0.717, 1.165) is 11.3 Å². The van der Waals surface area contributed by atoms with Crippen LogP contribution in [0.4, 0.5) is 10.6 Å². The van der Waals surface area contributed by atoms with Gasteiger partial charge in [-0.15, -0.1) is 0 Å². The molecule has 3 rings (SSSR count). The van der Waals surface area contributed by atoms with E-state index in [-0.39, 0.29) is 29.4 Å². The summed E-state index contributed by atoms with van der Waals surface area (Å²) in [6, 6.07) is 6.00. The number of cyclic esters (lactones) is 1. The van der Waals surface area contributed by atoms with Crippen molar-refractivity contribution in [3.63, 3.8) is 0 Å². The third-order valence-corrected chi connectivity index (χ3v) is 5.23. The van der Waals surface area contributed by atoms with Gasteiger partial charge in [-0.3, -0.25) is 9.88 Å². The molecule has 1 fully saturated rings. The summed E-state index contributed by atoms with van der Waals surface area (Å²) in [7, 11) is 0. The highest BCUT2D eigenvalue weighted by Crippen LogP contribution is 2.27. The van der Waals surface area contributed by atoms with Gasteiger partial charge in [0.05, 0.1) is 6.04 Å². The van der Waals surface area contributed by atoms with Crippen LogP contribution in [0.2, 0.25) is 0 Å². The maximum absolute atomic E-state index is 12.2. The molecule has 1 amide bonds. The zero-order valence-corrected chi connectivity index (χ0v) is 17.6. The van der Waals surface area contributed by atoms with E-state index in [4.69, 9.17) is 4.74 Å². The maximum atomic E-state index is 12.2. The average molecular weight is 383 g/mol. The summed E-state index contributed by atoms with van der Waals surface area (Å²) >= 11 is 0. The number of hydrogen-bond acceptors (Lipinski definition) is 5. The van der Waals surface area contributed by atoms with Crippen LogP contribution in [0.5, 0.6) is 0 Å². The molecule has 0 radical (unpaired) electrons. The minimum absolute atomic E-state index is 0.00168. The predicted molar refractivity (Wildman–Crippen MR) is 110 cm³/mol. The van der Waals surface area contributed by atoms with Crippen LogP contribution in [0.1, 0.15) is 64.5 Å². The van der Waals surface area contributed by atoms with E-state index in [9.17, 15) is 4.79 Å². The Bertz CT molecular complexity index is 827. The van der Waals surface area contributed by atoms with E-state index >= 15 is 0 Å². The number of pyridine rings is 1. The Labute approximate surface area is 167 Å². The number of rotatable bonds is 5. The van der Waals surface area contributed by atoms with Crippen molar-refractivity contribution in [2.45, 2.75) is 65.3 Å². The van der Waals surface area contributed by atoms with Gasteiger partial charge >= 0.3 is 6.09 Å². The molecule has 2 aromatic heterocycles. The van der Waals surface area contributed by atoms with Gasteiger partial charge in [-0.25, -0.2) is 14.8 Å². The minimum Gasteiger partial charge on any atom is -0.447 e. The maximum Gasteiger partial charge on any atom is 0.415 e. The highest BCUT2D eigenvalue weighted by Gasteiger charge is 2.37. The third-order valence-electron chi connectivity index (χ3n) is 5.23. The van der Waals surface area contributed by atoms with Gasteiger partial charge < -0.3 is 4.74 Å². The minimum atomic E-state index is -0.335. The Morgan fingerprint density at radius 3 is 2.54 bits per heavy atom. The molecule has 0 unspecified atom stereocenters. The van der Waals surface area contributed by atoms with Crippen molar-refractivity contribution in [2.75, 3.05) is 11.5 Å². The Hall–Kier alpha value is -2.50. The highest BCUT2D eigenvalue weighted by molar-refractivity contribution is 5.89. The number of hydrogen-bond donors (Lipinski definition) is 0. The first-order valence-electron chi connectivity index (χ1n) is 9.91. The lowest BCUT2D eigenvalue weighted by molar-refractivity contribution is 0.177. The molecule has 1 aliphatic heterocycles. The molecule has 3 heterocycles. The van der Waals surface area contributed by atoms with Crippen molar-refractivity contribution in [1.29, 1.82) is 0 Å². The number of carbonyl (C=O) groups excluding carboxylic acids is 1. The van der Waals surface area contributed by atoms with Gasteiger partial charge in [0.1, 0.15) is 18.2 Å². The molecular weight excluding hydrogens is 352 g/mol. The number of aromatic nitrogens is 3. The van der Waals surface area contributed by atoms with Gasteiger partial charge in [-0.05, 0) is 29.5 Å². The molecule has 2 atom stereocenters. The van der Waals surface area contributed by atoms with Crippen LogP contribution in [0.3, 0.4) is 0 Å². The summed E-state index contributed by atoms with van der Waals surface area (Å²) in [6.07, 6.45) is 4.01. The number of nitrogens with zero attached hydrogens (tertiary/aromatic N) is 4. The molecule has 6 heteroatoms. The quantitative estimate of drug-likeness (QED) is 0.762. The van der Waals surface area contributed by atoms with Gasteiger partial charge in [0, 0.05) is 29.9 Å². The van der Waals surface area contributed by atoms with E-state index in [1.165, 1.54) is 0 Å². The molecule has 0 spiro atoms. The molecule has 1 saturated heterocycles. The van der Waals surface area contributed by atoms with E-state index in [1.807, 2.05) is 6.20 Å². The first-order valence-corrected chi connectivity index (χ1v) is 9.91. The first kappa shape index (κ1) is 20.2. The molecular formula is C22H30N4O2. The predicted octanol–water partition coefficient (Wildman–Crippen LogP) is 4.50. The lowest BCUT2D eigenvalue weighted by atomic mass is 9.90. The molecule has 2 aromatic rings. The topological polar surface area (TPSA) is 68.2 Å².